The molecule has 0 atom stereocenters. The Labute approximate surface area is 122 Å². The molecule has 0 unspecified atom stereocenters. The van der Waals surface area contributed by atoms with Gasteiger partial charge in [0.1, 0.15) is 6.54 Å². The summed E-state index contributed by atoms with van der Waals surface area (Å²) in [6.45, 7) is 8.59. The second-order valence-corrected chi connectivity index (χ2v) is 7.00. The average Bonchev–Trinajstić information content (AvgIpc) is 2.25. The summed E-state index contributed by atoms with van der Waals surface area (Å²) < 4.78 is 30.1. The minimum absolute atomic E-state index is 0.241. The van der Waals surface area contributed by atoms with Crippen molar-refractivity contribution in [3.05, 3.63) is 12.2 Å². The molecule has 0 bridgehead atoms. The molecule has 0 spiro atoms. The summed E-state index contributed by atoms with van der Waals surface area (Å²) in [6.07, 6.45) is 1.24. The van der Waals surface area contributed by atoms with Gasteiger partial charge in [0.15, 0.2) is 0 Å². The molecule has 0 heterocycles. The van der Waals surface area contributed by atoms with E-state index in [4.69, 9.17) is 4.55 Å². The standard InChI is InChI=1S/C12H26N4O3S/c1-12(2)11-13-7-5-8-14-15-16(3,4)9-6-10-20(17,18)19/h13H,1,5-11H2,2-4H3/p+1. The largest absolute Gasteiger partial charge is 0.313 e. The number of nitrogens with zero attached hydrogens (tertiary/aromatic N) is 3. The van der Waals surface area contributed by atoms with Crippen molar-refractivity contribution in [1.82, 2.24) is 5.32 Å². The predicted molar refractivity (Wildman–Crippen MR) is 80.0 cm³/mol. The van der Waals surface area contributed by atoms with Crippen molar-refractivity contribution in [3.8, 4) is 0 Å². The first kappa shape index (κ1) is 19.2. The quantitative estimate of drug-likeness (QED) is 0.150. The van der Waals surface area contributed by atoms with E-state index in [9.17, 15) is 8.42 Å². The van der Waals surface area contributed by atoms with Crippen molar-refractivity contribution >= 4 is 10.1 Å². The molecule has 0 aromatic heterocycles. The average molecular weight is 307 g/mol. The van der Waals surface area contributed by atoms with Gasteiger partial charge in [-0.2, -0.15) is 13.0 Å². The molecule has 20 heavy (non-hydrogen) atoms. The molecule has 2 N–H and O–H groups in total. The van der Waals surface area contributed by atoms with Gasteiger partial charge in [0.05, 0.1) is 26.4 Å². The van der Waals surface area contributed by atoms with Gasteiger partial charge >= 0.3 is 0 Å². The Kier molecular flexibility index (Phi) is 8.79. The number of hydrogen-bond acceptors (Lipinski definition) is 5. The topological polar surface area (TPSA) is 91.1 Å². The summed E-state index contributed by atoms with van der Waals surface area (Å²) in [5.74, 6) is -0.241. The van der Waals surface area contributed by atoms with E-state index in [2.05, 4.69) is 22.2 Å². The lowest BCUT2D eigenvalue weighted by molar-refractivity contribution is -0.902. The maximum Gasteiger partial charge on any atom is 0.265 e. The van der Waals surface area contributed by atoms with E-state index >= 15 is 0 Å². The third kappa shape index (κ3) is 13.6. The summed E-state index contributed by atoms with van der Waals surface area (Å²) in [7, 11) is -0.207. The molecule has 0 aromatic rings. The van der Waals surface area contributed by atoms with Gasteiger partial charge in [-0.15, -0.1) is 5.11 Å². The predicted octanol–water partition coefficient (Wildman–Crippen LogP) is 1.26. The number of nitrogens with one attached hydrogen (secondary N) is 1. The molecule has 0 amide bonds. The fraction of sp³-hybridized carbons (Fsp3) is 0.833. The van der Waals surface area contributed by atoms with Crippen LogP contribution in [0, 0.1) is 0 Å². The molecule has 0 aromatic carbocycles. The van der Waals surface area contributed by atoms with E-state index in [1.165, 1.54) is 0 Å². The van der Waals surface area contributed by atoms with Crippen molar-refractivity contribution in [2.45, 2.75) is 19.8 Å². The summed E-state index contributed by atoms with van der Waals surface area (Å²) in [4.78, 5) is 0. The Bertz CT molecular complexity index is 418. The van der Waals surface area contributed by atoms with E-state index in [1.807, 2.05) is 21.0 Å². The van der Waals surface area contributed by atoms with Crippen LogP contribution in [0.2, 0.25) is 0 Å². The molecule has 0 saturated heterocycles. The summed E-state index contributed by atoms with van der Waals surface area (Å²) >= 11 is 0. The van der Waals surface area contributed by atoms with Crippen LogP contribution >= 0.6 is 0 Å². The Balaban J connectivity index is 3.78. The second-order valence-electron chi connectivity index (χ2n) is 5.43. The van der Waals surface area contributed by atoms with Crippen LogP contribution in [0.25, 0.3) is 0 Å². The molecule has 0 aliphatic rings. The zero-order valence-corrected chi connectivity index (χ0v) is 13.5. The number of hydrogen-bond donors (Lipinski definition) is 2. The van der Waals surface area contributed by atoms with E-state index in [-0.39, 0.29) is 10.3 Å². The highest BCUT2D eigenvalue weighted by Gasteiger charge is 2.16. The highest BCUT2D eigenvalue weighted by Crippen LogP contribution is 2.03. The van der Waals surface area contributed by atoms with Gasteiger partial charge in [-0.1, -0.05) is 12.2 Å². The van der Waals surface area contributed by atoms with Crippen LogP contribution in [0.5, 0.6) is 0 Å². The minimum Gasteiger partial charge on any atom is -0.313 e. The van der Waals surface area contributed by atoms with Crippen LogP contribution in [0.4, 0.5) is 0 Å². The molecule has 0 aliphatic heterocycles. The SMILES string of the molecule is C=C(C)CNCCCN=N[N+](C)(C)CCCS(=O)(=O)O. The molecule has 0 aliphatic carbocycles. The molecular formula is C12H27N4O3S+. The van der Waals surface area contributed by atoms with E-state index in [1.54, 1.807) is 0 Å². The Morgan fingerprint density at radius 1 is 1.35 bits per heavy atom. The molecule has 0 radical (unpaired) electrons. The lowest BCUT2D eigenvalue weighted by Gasteiger charge is -2.19. The van der Waals surface area contributed by atoms with Gasteiger partial charge in [-0.3, -0.25) is 4.55 Å². The number of rotatable bonds is 11. The van der Waals surface area contributed by atoms with Crippen molar-refractivity contribution < 1.29 is 17.6 Å². The normalized spacial score (nSPS) is 13.0. The Hall–Kier alpha value is -0.830. The van der Waals surface area contributed by atoms with Crippen molar-refractivity contribution in [2.24, 2.45) is 10.3 Å². The second kappa shape index (κ2) is 9.17. The first-order valence-corrected chi connectivity index (χ1v) is 8.25. The van der Waals surface area contributed by atoms with Crippen molar-refractivity contribution in [2.75, 3.05) is 46.0 Å². The van der Waals surface area contributed by atoms with Crippen LogP contribution in [0.3, 0.4) is 0 Å². The van der Waals surface area contributed by atoms with Gasteiger partial charge in [0, 0.05) is 18.2 Å². The van der Waals surface area contributed by atoms with Crippen LogP contribution in [0.15, 0.2) is 22.5 Å². The molecule has 0 saturated carbocycles. The van der Waals surface area contributed by atoms with Gasteiger partial charge in [-0.25, -0.2) is 0 Å². The number of quaternary nitrogens is 1. The highest BCUT2D eigenvalue weighted by molar-refractivity contribution is 7.85. The fourth-order valence-corrected chi connectivity index (χ4v) is 1.96. The van der Waals surface area contributed by atoms with Gasteiger partial charge in [-0.05, 0) is 19.9 Å². The maximum atomic E-state index is 10.6. The molecular weight excluding hydrogens is 280 g/mol. The Morgan fingerprint density at radius 2 is 2.00 bits per heavy atom. The maximum absolute atomic E-state index is 10.6. The summed E-state index contributed by atoms with van der Waals surface area (Å²) in [5.41, 5.74) is 1.10. The minimum atomic E-state index is -3.89. The van der Waals surface area contributed by atoms with E-state index in [0.717, 1.165) is 25.1 Å². The van der Waals surface area contributed by atoms with Gasteiger partial charge < -0.3 is 5.32 Å². The van der Waals surface area contributed by atoms with Crippen LogP contribution in [-0.2, 0) is 10.1 Å². The smallest absolute Gasteiger partial charge is 0.265 e. The summed E-state index contributed by atoms with van der Waals surface area (Å²) in [6, 6.07) is 0. The van der Waals surface area contributed by atoms with Crippen molar-refractivity contribution in [1.29, 1.82) is 0 Å². The van der Waals surface area contributed by atoms with Crippen LogP contribution in [0.1, 0.15) is 19.8 Å². The van der Waals surface area contributed by atoms with Crippen LogP contribution < -0.4 is 5.32 Å². The van der Waals surface area contributed by atoms with E-state index < -0.39 is 10.1 Å². The molecule has 0 fully saturated rings. The lowest BCUT2D eigenvalue weighted by atomic mass is 10.3. The Morgan fingerprint density at radius 3 is 2.55 bits per heavy atom. The molecule has 7 nitrogen and oxygen atoms in total. The fourth-order valence-electron chi connectivity index (χ4n) is 1.47. The first-order valence-electron chi connectivity index (χ1n) is 6.65. The molecule has 118 valence electrons. The monoisotopic (exact) mass is 307 g/mol. The van der Waals surface area contributed by atoms with Crippen LogP contribution in [-0.4, -0.2) is 63.6 Å². The molecule has 8 heteroatoms. The van der Waals surface area contributed by atoms with E-state index in [0.29, 0.717) is 19.5 Å². The first-order chi connectivity index (χ1) is 9.12. The lowest BCUT2D eigenvalue weighted by Crippen LogP contribution is -2.35. The van der Waals surface area contributed by atoms with Gasteiger partial charge in [0.2, 0.25) is 0 Å². The van der Waals surface area contributed by atoms with Crippen molar-refractivity contribution in [3.63, 3.8) is 0 Å². The zero-order valence-electron chi connectivity index (χ0n) is 12.7. The third-order valence-corrected chi connectivity index (χ3v) is 3.26. The summed E-state index contributed by atoms with van der Waals surface area (Å²) in [5, 5.41) is 11.5. The third-order valence-electron chi connectivity index (χ3n) is 2.45. The highest BCUT2D eigenvalue weighted by atomic mass is 32.2. The zero-order chi connectivity index (χ0) is 15.6. The van der Waals surface area contributed by atoms with Gasteiger partial charge in [0.25, 0.3) is 10.1 Å². The molecule has 0 rings (SSSR count).